The minimum atomic E-state index is -0.701. The average Bonchev–Trinajstić information content (AvgIpc) is 3.48. The number of rotatable bonds is 3. The number of fused-ring (bicyclic) bond motifs is 1. The SMILES string of the molecule is CC(C)(C)OC(=O)N1C(=C(O)c2cn[c-]3cc(-c4ccccc4)ccc23)C=[S+][C-]1c1cccnc1. The van der Waals surface area contributed by atoms with Crippen LogP contribution in [0.1, 0.15) is 31.9 Å². The van der Waals surface area contributed by atoms with Crippen molar-refractivity contribution >= 4 is 39.5 Å². The van der Waals surface area contributed by atoms with E-state index in [1.165, 1.54) is 16.3 Å². The Balaban J connectivity index is 1.57. The van der Waals surface area contributed by atoms with Gasteiger partial charge in [0.1, 0.15) is 17.1 Å². The summed E-state index contributed by atoms with van der Waals surface area (Å²) in [5.74, 6) is -0.0442. The molecule has 35 heavy (non-hydrogen) atoms. The van der Waals surface area contributed by atoms with E-state index in [1.54, 1.807) is 30.0 Å². The third-order valence-corrected chi connectivity index (χ3v) is 6.42. The predicted molar refractivity (Wildman–Crippen MR) is 140 cm³/mol. The molecule has 176 valence electrons. The number of hydrogen-bond donors (Lipinski definition) is 1. The van der Waals surface area contributed by atoms with Crippen LogP contribution >= 0.6 is 0 Å². The second-order valence-electron chi connectivity index (χ2n) is 9.10. The molecule has 5 rings (SSSR count). The molecule has 1 amide bonds. The number of aliphatic hydroxyl groups is 1. The zero-order valence-corrected chi connectivity index (χ0v) is 20.4. The first-order valence-electron chi connectivity index (χ1n) is 11.2. The van der Waals surface area contributed by atoms with Crippen LogP contribution in [0, 0.1) is 5.37 Å². The second kappa shape index (κ2) is 8.92. The van der Waals surface area contributed by atoms with Crippen molar-refractivity contribution in [3.8, 4) is 11.1 Å². The Morgan fingerprint density at radius 1 is 1.03 bits per heavy atom. The molecule has 0 bridgehead atoms. The highest BCUT2D eigenvalue weighted by atomic mass is 32.1. The lowest BCUT2D eigenvalue weighted by molar-refractivity contribution is 0.0366. The Bertz CT molecular complexity index is 1440. The van der Waals surface area contributed by atoms with Crippen LogP contribution in [-0.4, -0.2) is 37.0 Å². The Hall–Kier alpha value is -4.10. The number of carbonyl (C=O) groups is 1. The number of aliphatic hydroxyl groups excluding tert-OH is 1. The van der Waals surface area contributed by atoms with Crippen molar-refractivity contribution in [3.63, 3.8) is 0 Å². The summed E-state index contributed by atoms with van der Waals surface area (Å²) in [6.07, 6.45) is 4.41. The van der Waals surface area contributed by atoms with Crippen LogP contribution in [-0.2, 0) is 16.1 Å². The molecule has 3 heterocycles. The van der Waals surface area contributed by atoms with E-state index in [0.29, 0.717) is 16.6 Å². The van der Waals surface area contributed by atoms with Gasteiger partial charge in [0.05, 0.1) is 0 Å². The van der Waals surface area contributed by atoms with Crippen molar-refractivity contribution in [2.45, 2.75) is 26.4 Å². The van der Waals surface area contributed by atoms with Gasteiger partial charge in [-0.3, -0.25) is 0 Å². The number of carbonyl (C=O) groups excluding carboxylic acids is 1. The lowest BCUT2D eigenvalue weighted by Gasteiger charge is -2.28. The molecule has 1 aliphatic heterocycles. The van der Waals surface area contributed by atoms with E-state index in [0.717, 1.165) is 27.6 Å². The van der Waals surface area contributed by atoms with Crippen LogP contribution in [0.4, 0.5) is 4.79 Å². The normalized spacial score (nSPS) is 15.1. The van der Waals surface area contributed by atoms with Gasteiger partial charge >= 0.3 is 6.09 Å². The lowest BCUT2D eigenvalue weighted by Crippen LogP contribution is -2.37. The first-order chi connectivity index (χ1) is 16.8. The van der Waals surface area contributed by atoms with Crippen molar-refractivity contribution in [2.24, 2.45) is 0 Å². The van der Waals surface area contributed by atoms with Gasteiger partial charge in [0, 0.05) is 0 Å². The van der Waals surface area contributed by atoms with Gasteiger partial charge in [0.15, 0.2) is 11.4 Å². The van der Waals surface area contributed by atoms with E-state index >= 15 is 0 Å². The van der Waals surface area contributed by atoms with Crippen LogP contribution < -0.4 is 0 Å². The summed E-state index contributed by atoms with van der Waals surface area (Å²) < 4.78 is 5.67. The number of aromatic nitrogens is 2. The van der Waals surface area contributed by atoms with Gasteiger partial charge < -0.3 is 19.8 Å². The fraction of sp³-hybridized carbons (Fsp3) is 0.143. The Labute approximate surface area is 207 Å². The highest BCUT2D eigenvalue weighted by molar-refractivity contribution is 7.81. The molecule has 0 saturated heterocycles. The molecule has 0 atom stereocenters. The molecule has 1 N–H and O–H groups in total. The summed E-state index contributed by atoms with van der Waals surface area (Å²) in [6.45, 7) is 5.43. The van der Waals surface area contributed by atoms with E-state index in [-0.39, 0.29) is 5.76 Å². The van der Waals surface area contributed by atoms with E-state index in [9.17, 15) is 9.90 Å². The van der Waals surface area contributed by atoms with Gasteiger partial charge in [0.2, 0.25) is 10.7 Å². The second-order valence-corrected chi connectivity index (χ2v) is 9.96. The summed E-state index contributed by atoms with van der Waals surface area (Å²) in [6, 6.07) is 19.7. The number of benzene rings is 2. The van der Waals surface area contributed by atoms with Crippen LogP contribution in [0.3, 0.4) is 0 Å². The average molecular weight is 483 g/mol. The summed E-state index contributed by atoms with van der Waals surface area (Å²) in [5, 5.41) is 14.6. The summed E-state index contributed by atoms with van der Waals surface area (Å²) in [4.78, 5) is 23.4. The summed E-state index contributed by atoms with van der Waals surface area (Å²) >= 11 is 1.34. The summed E-state index contributed by atoms with van der Waals surface area (Å²) in [7, 11) is 0. The Kier molecular flexibility index (Phi) is 5.78. The molecular formula is C28H24N3O3S-. The highest BCUT2D eigenvalue weighted by Gasteiger charge is 2.40. The van der Waals surface area contributed by atoms with E-state index in [4.69, 9.17) is 4.74 Å². The molecule has 1 aliphatic rings. The van der Waals surface area contributed by atoms with Gasteiger partial charge in [-0.2, -0.15) is 6.07 Å². The van der Waals surface area contributed by atoms with Crippen molar-refractivity contribution in [3.05, 3.63) is 101 Å². The summed E-state index contributed by atoms with van der Waals surface area (Å²) in [5.41, 5.74) is 3.83. The van der Waals surface area contributed by atoms with Crippen molar-refractivity contribution in [1.29, 1.82) is 0 Å². The molecule has 6 nitrogen and oxygen atoms in total. The maximum absolute atomic E-state index is 13.3. The molecule has 4 aromatic rings. The number of nitrogens with zero attached hydrogens (tertiary/aromatic N) is 3. The number of hydrogen-bond acceptors (Lipinski definition) is 5. The van der Waals surface area contributed by atoms with Gasteiger partial charge in [-0.25, -0.2) is 9.69 Å². The fourth-order valence-electron chi connectivity index (χ4n) is 3.87. The molecule has 2 aromatic heterocycles. The van der Waals surface area contributed by atoms with Crippen LogP contribution in [0.25, 0.3) is 27.8 Å². The number of allylic oxidation sites excluding steroid dienone is 1. The number of ether oxygens (including phenoxy) is 1. The fourth-order valence-corrected chi connectivity index (χ4v) is 4.85. The number of amides is 1. The van der Waals surface area contributed by atoms with Crippen LogP contribution in [0.15, 0.2) is 85.0 Å². The molecule has 7 heteroatoms. The van der Waals surface area contributed by atoms with Gasteiger partial charge in [-0.05, 0) is 32.5 Å². The first-order valence-corrected chi connectivity index (χ1v) is 12.0. The maximum atomic E-state index is 13.3. The zero-order valence-electron chi connectivity index (χ0n) is 19.6. The van der Waals surface area contributed by atoms with Crippen LogP contribution in [0.5, 0.6) is 0 Å². The Morgan fingerprint density at radius 2 is 1.83 bits per heavy atom. The highest BCUT2D eigenvalue weighted by Crippen LogP contribution is 2.35. The first kappa shape index (κ1) is 22.7. The molecule has 0 saturated carbocycles. The van der Waals surface area contributed by atoms with E-state index in [2.05, 4.69) is 9.97 Å². The van der Waals surface area contributed by atoms with E-state index < -0.39 is 11.7 Å². The van der Waals surface area contributed by atoms with Crippen molar-refractivity contribution < 1.29 is 14.6 Å². The topological polar surface area (TPSA) is 75.5 Å². The maximum Gasteiger partial charge on any atom is 0.412 e. The largest absolute Gasteiger partial charge is 0.513 e. The molecule has 0 spiro atoms. The van der Waals surface area contributed by atoms with Crippen molar-refractivity contribution in [1.82, 2.24) is 14.9 Å². The van der Waals surface area contributed by atoms with E-state index in [1.807, 2.05) is 75.4 Å². The molecule has 0 aliphatic carbocycles. The standard InChI is InChI=1S/C28H24N3O3S/c1-28(2,3)34-27(33)31-24(17-35-26(31)20-10-7-13-29-15-20)25(32)22-16-30-23-14-19(11-12-21(22)23)18-8-5-4-6-9-18/h4-17,32H,1-3H3/q-1. The Morgan fingerprint density at radius 3 is 2.54 bits per heavy atom. The molecule has 0 fully saturated rings. The smallest absolute Gasteiger partial charge is 0.412 e. The quantitative estimate of drug-likeness (QED) is 0.129. The van der Waals surface area contributed by atoms with Gasteiger partial charge in [-0.15, -0.1) is 18.2 Å². The molecule has 2 aromatic carbocycles. The zero-order chi connectivity index (χ0) is 24.6. The minimum absolute atomic E-state index is 0.0442. The lowest BCUT2D eigenvalue weighted by atomic mass is 10.0. The molecular weight excluding hydrogens is 458 g/mol. The number of pyridine rings is 1. The monoisotopic (exact) mass is 482 g/mol. The molecule has 0 radical (unpaired) electrons. The third kappa shape index (κ3) is 4.50. The van der Waals surface area contributed by atoms with Crippen LogP contribution in [0.2, 0.25) is 0 Å². The predicted octanol–water partition coefficient (Wildman–Crippen LogP) is 5.92. The van der Waals surface area contributed by atoms with Gasteiger partial charge in [-0.1, -0.05) is 76.4 Å². The van der Waals surface area contributed by atoms with Crippen molar-refractivity contribution in [2.75, 3.05) is 0 Å². The third-order valence-electron chi connectivity index (χ3n) is 5.44. The molecule has 0 unspecified atom stereocenters. The van der Waals surface area contributed by atoms with Gasteiger partial charge in [0.25, 0.3) is 0 Å². The minimum Gasteiger partial charge on any atom is -0.513 e.